The van der Waals surface area contributed by atoms with Crippen molar-refractivity contribution in [2.45, 2.75) is 13.2 Å². The summed E-state index contributed by atoms with van der Waals surface area (Å²) in [7, 11) is 0. The third-order valence-electron chi connectivity index (χ3n) is 4.58. The highest BCUT2D eigenvalue weighted by Crippen LogP contribution is 2.37. The summed E-state index contributed by atoms with van der Waals surface area (Å²) in [5.41, 5.74) is 12.1. The van der Waals surface area contributed by atoms with E-state index in [9.17, 15) is 5.11 Å². The Morgan fingerprint density at radius 2 is 1.56 bits per heavy atom. The lowest BCUT2D eigenvalue weighted by Crippen LogP contribution is -2.07. The van der Waals surface area contributed by atoms with Gasteiger partial charge in [0.1, 0.15) is 5.69 Å². The molecule has 0 saturated carbocycles. The molecule has 0 bridgehead atoms. The van der Waals surface area contributed by atoms with E-state index in [4.69, 9.17) is 5.73 Å². The van der Waals surface area contributed by atoms with Crippen molar-refractivity contribution in [3.05, 3.63) is 90.1 Å². The van der Waals surface area contributed by atoms with E-state index < -0.39 is 0 Å². The molecule has 1 aromatic heterocycles. The van der Waals surface area contributed by atoms with E-state index in [1.165, 1.54) is 0 Å². The standard InChI is InChI=1S/C22H20N4O/c23-19-13-7-12-18(17-10-5-2-6-11-17)21(19)22-20(15-27)26(25-24-22)14-16-8-3-1-4-9-16/h1-13,27H,14-15,23H2. The second-order valence-electron chi connectivity index (χ2n) is 6.32. The first-order chi connectivity index (χ1) is 13.3. The van der Waals surface area contributed by atoms with Crippen molar-refractivity contribution >= 4 is 5.69 Å². The lowest BCUT2D eigenvalue weighted by atomic mass is 9.95. The van der Waals surface area contributed by atoms with Crippen LogP contribution < -0.4 is 5.73 Å². The van der Waals surface area contributed by atoms with E-state index in [2.05, 4.69) is 10.3 Å². The van der Waals surface area contributed by atoms with Crippen LogP contribution in [-0.4, -0.2) is 20.1 Å². The maximum absolute atomic E-state index is 10.0. The zero-order valence-electron chi connectivity index (χ0n) is 14.8. The van der Waals surface area contributed by atoms with Gasteiger partial charge in [-0.25, -0.2) is 4.68 Å². The molecule has 0 fully saturated rings. The highest BCUT2D eigenvalue weighted by molar-refractivity contribution is 5.90. The minimum atomic E-state index is -0.169. The molecule has 134 valence electrons. The predicted molar refractivity (Wildman–Crippen MR) is 107 cm³/mol. The Bertz CT molecular complexity index is 1040. The molecular formula is C22H20N4O. The number of aliphatic hydroxyl groups is 1. The van der Waals surface area contributed by atoms with Crippen LogP contribution in [0, 0.1) is 0 Å². The van der Waals surface area contributed by atoms with Crippen LogP contribution in [0.2, 0.25) is 0 Å². The molecule has 5 heteroatoms. The van der Waals surface area contributed by atoms with Gasteiger partial charge in [-0.15, -0.1) is 5.10 Å². The van der Waals surface area contributed by atoms with Gasteiger partial charge in [-0.3, -0.25) is 0 Å². The van der Waals surface area contributed by atoms with Crippen LogP contribution in [-0.2, 0) is 13.2 Å². The summed E-state index contributed by atoms with van der Waals surface area (Å²) >= 11 is 0. The maximum atomic E-state index is 10.0. The van der Waals surface area contributed by atoms with Gasteiger partial charge in [0.15, 0.2) is 0 Å². The number of rotatable bonds is 5. The maximum Gasteiger partial charge on any atom is 0.121 e. The molecule has 3 N–H and O–H groups in total. The Morgan fingerprint density at radius 3 is 2.26 bits per heavy atom. The molecule has 4 aromatic rings. The first-order valence-electron chi connectivity index (χ1n) is 8.79. The lowest BCUT2D eigenvalue weighted by Gasteiger charge is -2.12. The van der Waals surface area contributed by atoms with Crippen molar-refractivity contribution in [2.24, 2.45) is 0 Å². The average molecular weight is 356 g/mol. The van der Waals surface area contributed by atoms with E-state index in [0.29, 0.717) is 23.6 Å². The lowest BCUT2D eigenvalue weighted by molar-refractivity contribution is 0.269. The van der Waals surface area contributed by atoms with Gasteiger partial charge in [0, 0.05) is 11.3 Å². The molecule has 0 unspecified atom stereocenters. The van der Waals surface area contributed by atoms with Crippen LogP contribution >= 0.6 is 0 Å². The fourth-order valence-electron chi connectivity index (χ4n) is 3.26. The van der Waals surface area contributed by atoms with Gasteiger partial charge in [-0.1, -0.05) is 78.0 Å². The average Bonchev–Trinajstić information content (AvgIpc) is 3.11. The SMILES string of the molecule is Nc1cccc(-c2ccccc2)c1-c1nnn(Cc2ccccc2)c1CO. The molecular weight excluding hydrogens is 336 g/mol. The summed E-state index contributed by atoms with van der Waals surface area (Å²) in [5, 5.41) is 18.7. The number of nitrogens with zero attached hydrogens (tertiary/aromatic N) is 3. The number of anilines is 1. The Morgan fingerprint density at radius 1 is 0.852 bits per heavy atom. The molecule has 0 aliphatic heterocycles. The van der Waals surface area contributed by atoms with Crippen molar-refractivity contribution in [3.8, 4) is 22.4 Å². The van der Waals surface area contributed by atoms with Crippen molar-refractivity contribution in [1.29, 1.82) is 0 Å². The third-order valence-corrected chi connectivity index (χ3v) is 4.58. The van der Waals surface area contributed by atoms with Gasteiger partial charge in [-0.05, 0) is 22.8 Å². The normalized spacial score (nSPS) is 10.9. The van der Waals surface area contributed by atoms with E-state index in [0.717, 1.165) is 22.3 Å². The van der Waals surface area contributed by atoms with Gasteiger partial charge in [0.2, 0.25) is 0 Å². The first kappa shape index (κ1) is 17.0. The Balaban J connectivity index is 1.83. The minimum Gasteiger partial charge on any atom is -0.398 e. The molecule has 5 nitrogen and oxygen atoms in total. The summed E-state index contributed by atoms with van der Waals surface area (Å²) in [6.45, 7) is 0.370. The van der Waals surface area contributed by atoms with Gasteiger partial charge < -0.3 is 10.8 Å². The largest absolute Gasteiger partial charge is 0.398 e. The number of hydrogen-bond acceptors (Lipinski definition) is 4. The predicted octanol–water partition coefficient (Wildman–Crippen LogP) is 3.73. The second-order valence-corrected chi connectivity index (χ2v) is 6.32. The summed E-state index contributed by atoms with van der Waals surface area (Å²) in [4.78, 5) is 0. The van der Waals surface area contributed by atoms with Crippen molar-refractivity contribution < 1.29 is 5.11 Å². The third kappa shape index (κ3) is 3.32. The molecule has 0 radical (unpaired) electrons. The van der Waals surface area contributed by atoms with Crippen molar-refractivity contribution in [2.75, 3.05) is 5.73 Å². The second kappa shape index (κ2) is 7.43. The smallest absolute Gasteiger partial charge is 0.121 e. The molecule has 1 heterocycles. The molecule has 0 spiro atoms. The molecule has 0 saturated heterocycles. The monoisotopic (exact) mass is 356 g/mol. The van der Waals surface area contributed by atoms with Crippen molar-refractivity contribution in [3.63, 3.8) is 0 Å². The number of aliphatic hydroxyl groups excluding tert-OH is 1. The quantitative estimate of drug-likeness (QED) is 0.534. The summed E-state index contributed by atoms with van der Waals surface area (Å²) in [6, 6.07) is 25.8. The number of aromatic nitrogens is 3. The summed E-state index contributed by atoms with van der Waals surface area (Å²) in [6.07, 6.45) is 0. The zero-order valence-corrected chi connectivity index (χ0v) is 14.8. The highest BCUT2D eigenvalue weighted by Gasteiger charge is 2.20. The highest BCUT2D eigenvalue weighted by atomic mass is 16.3. The molecule has 0 amide bonds. The molecule has 4 rings (SSSR count). The number of hydrogen-bond donors (Lipinski definition) is 2. The van der Waals surface area contributed by atoms with Crippen LogP contribution in [0.4, 0.5) is 5.69 Å². The van der Waals surface area contributed by atoms with Crippen molar-refractivity contribution in [1.82, 2.24) is 15.0 Å². The molecule has 0 aliphatic rings. The number of nitrogens with two attached hydrogens (primary N) is 1. The van der Waals surface area contributed by atoms with E-state index in [1.54, 1.807) is 4.68 Å². The van der Waals surface area contributed by atoms with Gasteiger partial charge in [-0.2, -0.15) is 0 Å². The van der Waals surface area contributed by atoms with E-state index >= 15 is 0 Å². The van der Waals surface area contributed by atoms with Gasteiger partial charge in [0.25, 0.3) is 0 Å². The number of benzene rings is 3. The van der Waals surface area contributed by atoms with Crippen LogP contribution in [0.3, 0.4) is 0 Å². The Kier molecular flexibility index (Phi) is 4.68. The first-order valence-corrected chi connectivity index (χ1v) is 8.79. The summed E-state index contributed by atoms with van der Waals surface area (Å²) in [5.74, 6) is 0. The van der Waals surface area contributed by atoms with Crippen LogP contribution in [0.25, 0.3) is 22.4 Å². The molecule has 3 aromatic carbocycles. The fraction of sp³-hybridized carbons (Fsp3) is 0.0909. The Hall–Kier alpha value is -3.44. The van der Waals surface area contributed by atoms with Gasteiger partial charge >= 0.3 is 0 Å². The fourth-order valence-corrected chi connectivity index (χ4v) is 3.26. The van der Waals surface area contributed by atoms with Crippen LogP contribution in [0.5, 0.6) is 0 Å². The van der Waals surface area contributed by atoms with E-state index in [-0.39, 0.29) is 6.61 Å². The van der Waals surface area contributed by atoms with Crippen LogP contribution in [0.1, 0.15) is 11.3 Å². The van der Waals surface area contributed by atoms with Crippen LogP contribution in [0.15, 0.2) is 78.9 Å². The Labute approximate surface area is 157 Å². The topological polar surface area (TPSA) is 77.0 Å². The van der Waals surface area contributed by atoms with Gasteiger partial charge in [0.05, 0.1) is 18.8 Å². The summed E-state index contributed by atoms with van der Waals surface area (Å²) < 4.78 is 1.73. The molecule has 27 heavy (non-hydrogen) atoms. The minimum absolute atomic E-state index is 0.169. The molecule has 0 atom stereocenters. The van der Waals surface area contributed by atoms with E-state index in [1.807, 2.05) is 78.9 Å². The zero-order chi connectivity index (χ0) is 18.6. The molecule has 0 aliphatic carbocycles. The number of nitrogen functional groups attached to an aromatic ring is 1.